The molecule has 1 amide bonds. The van der Waals surface area contributed by atoms with Crippen molar-refractivity contribution < 1.29 is 4.79 Å². The van der Waals surface area contributed by atoms with E-state index >= 15 is 0 Å². The molecule has 1 aliphatic rings. The van der Waals surface area contributed by atoms with Crippen molar-refractivity contribution in [3.63, 3.8) is 0 Å². The fourth-order valence-electron chi connectivity index (χ4n) is 1.30. The number of nitrogens with two attached hydrogens (primary N) is 1. The normalized spacial score (nSPS) is 17.8. The summed E-state index contributed by atoms with van der Waals surface area (Å²) in [6, 6.07) is 0. The van der Waals surface area contributed by atoms with Crippen LogP contribution < -0.4 is 11.1 Å². The molecule has 1 heterocycles. The molecule has 1 aliphatic carbocycles. The first-order valence-electron chi connectivity index (χ1n) is 4.66. The Balaban J connectivity index is 1.88. The number of amides is 1. The van der Waals surface area contributed by atoms with Gasteiger partial charge >= 0.3 is 0 Å². The van der Waals surface area contributed by atoms with E-state index in [2.05, 4.69) is 10.4 Å². The Hall–Kier alpha value is -1.52. The van der Waals surface area contributed by atoms with Crippen LogP contribution in [0.2, 0.25) is 0 Å². The number of nitrogen functional groups attached to an aromatic ring is 1. The zero-order chi connectivity index (χ0) is 10.2. The van der Waals surface area contributed by atoms with Gasteiger partial charge in [-0.25, -0.2) is 0 Å². The lowest BCUT2D eigenvalue weighted by molar-refractivity contribution is -0.122. The van der Waals surface area contributed by atoms with Gasteiger partial charge < -0.3 is 11.1 Å². The van der Waals surface area contributed by atoms with Crippen LogP contribution in [0, 0.1) is 0 Å². The van der Waals surface area contributed by atoms with Gasteiger partial charge in [-0.05, 0) is 19.8 Å². The van der Waals surface area contributed by atoms with Crippen LogP contribution in [0.4, 0.5) is 5.69 Å². The third-order valence-electron chi connectivity index (χ3n) is 2.40. The Labute approximate surface area is 82.3 Å². The number of nitrogens with zero attached hydrogens (tertiary/aromatic N) is 2. The lowest BCUT2D eigenvalue weighted by atomic mass is 10.3. The number of carbonyl (C=O) groups is 1. The van der Waals surface area contributed by atoms with Gasteiger partial charge in [-0.3, -0.25) is 9.48 Å². The van der Waals surface area contributed by atoms with E-state index in [4.69, 9.17) is 5.73 Å². The van der Waals surface area contributed by atoms with Gasteiger partial charge in [0, 0.05) is 11.7 Å². The van der Waals surface area contributed by atoms with Crippen LogP contribution in [-0.4, -0.2) is 21.2 Å². The first-order valence-corrected chi connectivity index (χ1v) is 4.66. The highest BCUT2D eigenvalue weighted by Crippen LogP contribution is 2.34. The van der Waals surface area contributed by atoms with Crippen LogP contribution in [0.5, 0.6) is 0 Å². The average molecular weight is 194 g/mol. The van der Waals surface area contributed by atoms with Crippen molar-refractivity contribution in [2.24, 2.45) is 0 Å². The molecule has 14 heavy (non-hydrogen) atoms. The highest BCUT2D eigenvalue weighted by molar-refractivity contribution is 5.77. The minimum atomic E-state index is -0.00639. The van der Waals surface area contributed by atoms with Crippen LogP contribution in [0.3, 0.4) is 0 Å². The monoisotopic (exact) mass is 194 g/mol. The van der Waals surface area contributed by atoms with Crippen LogP contribution >= 0.6 is 0 Å². The lowest BCUT2D eigenvalue weighted by Crippen LogP contribution is -2.36. The highest BCUT2D eigenvalue weighted by Gasteiger charge is 2.38. The van der Waals surface area contributed by atoms with E-state index in [1.165, 1.54) is 10.9 Å². The number of carbonyl (C=O) groups excluding carboxylic acids is 1. The van der Waals surface area contributed by atoms with Gasteiger partial charge in [-0.2, -0.15) is 5.10 Å². The summed E-state index contributed by atoms with van der Waals surface area (Å²) in [5, 5.41) is 6.88. The van der Waals surface area contributed by atoms with Gasteiger partial charge in [-0.1, -0.05) is 0 Å². The van der Waals surface area contributed by atoms with Crippen molar-refractivity contribution in [3.05, 3.63) is 12.4 Å². The number of aromatic nitrogens is 2. The number of hydrogen-bond acceptors (Lipinski definition) is 3. The molecule has 1 fully saturated rings. The molecule has 1 aromatic rings. The molecule has 0 aromatic carbocycles. The smallest absolute Gasteiger partial charge is 0.242 e. The van der Waals surface area contributed by atoms with Crippen molar-refractivity contribution in [1.82, 2.24) is 15.1 Å². The number of nitrogens with one attached hydrogen (secondary N) is 1. The predicted molar refractivity (Wildman–Crippen MR) is 52.4 cm³/mol. The zero-order valence-electron chi connectivity index (χ0n) is 8.16. The SMILES string of the molecule is CC1(NC(=O)Cn2cc(N)cn2)CC1. The molecule has 0 spiro atoms. The van der Waals surface area contributed by atoms with E-state index < -0.39 is 0 Å². The van der Waals surface area contributed by atoms with Gasteiger partial charge in [0.2, 0.25) is 5.91 Å². The Bertz CT molecular complexity index is 353. The van der Waals surface area contributed by atoms with E-state index in [-0.39, 0.29) is 18.0 Å². The van der Waals surface area contributed by atoms with Crippen molar-refractivity contribution in [1.29, 1.82) is 0 Å². The van der Waals surface area contributed by atoms with Gasteiger partial charge in [0.1, 0.15) is 6.54 Å². The maximum Gasteiger partial charge on any atom is 0.242 e. The second-order valence-corrected chi connectivity index (χ2v) is 4.08. The Morgan fingerprint density at radius 1 is 1.79 bits per heavy atom. The summed E-state index contributed by atoms with van der Waals surface area (Å²) in [7, 11) is 0. The third kappa shape index (κ3) is 2.04. The average Bonchev–Trinajstić information content (AvgIpc) is 2.64. The fourth-order valence-corrected chi connectivity index (χ4v) is 1.30. The van der Waals surface area contributed by atoms with E-state index in [9.17, 15) is 4.79 Å². The van der Waals surface area contributed by atoms with Crippen molar-refractivity contribution in [2.75, 3.05) is 5.73 Å². The first-order chi connectivity index (χ1) is 6.57. The third-order valence-corrected chi connectivity index (χ3v) is 2.40. The summed E-state index contributed by atoms with van der Waals surface area (Å²) in [6.45, 7) is 2.29. The molecule has 2 rings (SSSR count). The second kappa shape index (κ2) is 3.01. The molecule has 5 nitrogen and oxygen atoms in total. The predicted octanol–water partition coefficient (Wildman–Crippen LogP) is 0.134. The van der Waals surface area contributed by atoms with Crippen LogP contribution in [0.1, 0.15) is 19.8 Å². The van der Waals surface area contributed by atoms with Gasteiger partial charge in [0.25, 0.3) is 0 Å². The highest BCUT2D eigenvalue weighted by atomic mass is 16.2. The Morgan fingerprint density at radius 2 is 2.50 bits per heavy atom. The molecule has 3 N–H and O–H groups in total. The molecule has 76 valence electrons. The minimum absolute atomic E-state index is 0.00639. The quantitative estimate of drug-likeness (QED) is 0.718. The fraction of sp³-hybridized carbons (Fsp3) is 0.556. The molecule has 5 heteroatoms. The standard InChI is InChI=1S/C9H14N4O/c1-9(2-3-9)12-8(14)6-13-5-7(10)4-11-13/h4-5H,2-3,6,10H2,1H3,(H,12,14). The molecular weight excluding hydrogens is 180 g/mol. The Kier molecular flexibility index (Phi) is 1.94. The maximum absolute atomic E-state index is 11.5. The van der Waals surface area contributed by atoms with Gasteiger partial charge in [-0.15, -0.1) is 0 Å². The van der Waals surface area contributed by atoms with E-state index in [1.54, 1.807) is 6.20 Å². The summed E-state index contributed by atoms with van der Waals surface area (Å²) in [4.78, 5) is 11.5. The molecule has 1 saturated carbocycles. The lowest BCUT2D eigenvalue weighted by Gasteiger charge is -2.10. The molecule has 0 saturated heterocycles. The summed E-state index contributed by atoms with van der Waals surface area (Å²) in [5.41, 5.74) is 6.10. The van der Waals surface area contributed by atoms with Crippen molar-refractivity contribution in [2.45, 2.75) is 31.8 Å². The van der Waals surface area contributed by atoms with Crippen LogP contribution in [0.25, 0.3) is 0 Å². The number of hydrogen-bond donors (Lipinski definition) is 2. The number of rotatable bonds is 3. The minimum Gasteiger partial charge on any atom is -0.396 e. The summed E-state index contributed by atoms with van der Waals surface area (Å²) >= 11 is 0. The summed E-state index contributed by atoms with van der Waals surface area (Å²) in [5.74, 6) is -0.00639. The first kappa shape index (κ1) is 9.05. The van der Waals surface area contributed by atoms with Crippen LogP contribution in [-0.2, 0) is 11.3 Å². The van der Waals surface area contributed by atoms with E-state index in [0.717, 1.165) is 12.8 Å². The molecule has 0 unspecified atom stereocenters. The molecule has 0 aliphatic heterocycles. The van der Waals surface area contributed by atoms with Gasteiger partial charge in [0.05, 0.1) is 11.9 Å². The molecular formula is C9H14N4O. The van der Waals surface area contributed by atoms with Crippen LogP contribution in [0.15, 0.2) is 12.4 Å². The topological polar surface area (TPSA) is 72.9 Å². The largest absolute Gasteiger partial charge is 0.396 e. The molecule has 1 aromatic heterocycles. The maximum atomic E-state index is 11.5. The Morgan fingerprint density at radius 3 is 3.00 bits per heavy atom. The molecule has 0 bridgehead atoms. The zero-order valence-corrected chi connectivity index (χ0v) is 8.16. The molecule has 0 radical (unpaired) electrons. The van der Waals surface area contributed by atoms with E-state index in [1.807, 2.05) is 6.92 Å². The summed E-state index contributed by atoms with van der Waals surface area (Å²) in [6.07, 6.45) is 5.32. The van der Waals surface area contributed by atoms with Crippen molar-refractivity contribution >= 4 is 11.6 Å². The number of anilines is 1. The second-order valence-electron chi connectivity index (χ2n) is 4.08. The van der Waals surface area contributed by atoms with Gasteiger partial charge in [0.15, 0.2) is 0 Å². The van der Waals surface area contributed by atoms with Crippen molar-refractivity contribution in [3.8, 4) is 0 Å². The molecule has 0 atom stereocenters. The van der Waals surface area contributed by atoms with E-state index in [0.29, 0.717) is 5.69 Å². The summed E-state index contributed by atoms with van der Waals surface area (Å²) < 4.78 is 1.54.